The number of hydrogen-bond acceptors (Lipinski definition) is 3. The quantitative estimate of drug-likeness (QED) is 0.820. The zero-order chi connectivity index (χ0) is 16.1. The molecule has 0 spiro atoms. The van der Waals surface area contributed by atoms with Crippen molar-refractivity contribution in [1.82, 2.24) is 10.2 Å². The van der Waals surface area contributed by atoms with Crippen LogP contribution in [0.1, 0.15) is 30.7 Å². The van der Waals surface area contributed by atoms with Gasteiger partial charge in [0.2, 0.25) is 0 Å². The summed E-state index contributed by atoms with van der Waals surface area (Å²) >= 11 is 0. The van der Waals surface area contributed by atoms with Crippen molar-refractivity contribution in [3.05, 3.63) is 48.6 Å². The van der Waals surface area contributed by atoms with Crippen LogP contribution in [0, 0.1) is 5.92 Å². The molecule has 0 bridgehead atoms. The maximum absolute atomic E-state index is 12.5. The summed E-state index contributed by atoms with van der Waals surface area (Å²) < 4.78 is 5.59. The van der Waals surface area contributed by atoms with Crippen molar-refractivity contribution in [3.63, 3.8) is 0 Å². The molecular formula is C19H26N2O2. The highest BCUT2D eigenvalue weighted by Crippen LogP contribution is 2.44. The second-order valence-corrected chi connectivity index (χ2v) is 6.53. The lowest BCUT2D eigenvalue weighted by Crippen LogP contribution is -2.37. The molecule has 1 amide bonds. The molecule has 2 fully saturated rings. The van der Waals surface area contributed by atoms with Crippen molar-refractivity contribution in [3.8, 4) is 0 Å². The molecule has 4 nitrogen and oxygen atoms in total. The number of benzene rings is 1. The molecule has 1 aromatic carbocycles. The van der Waals surface area contributed by atoms with Crippen LogP contribution in [0.3, 0.4) is 0 Å². The van der Waals surface area contributed by atoms with Gasteiger partial charge in [-0.05, 0) is 43.8 Å². The third kappa shape index (κ3) is 4.14. The lowest BCUT2D eigenvalue weighted by atomic mass is 9.99. The van der Waals surface area contributed by atoms with Gasteiger partial charge in [0, 0.05) is 18.5 Å². The molecule has 2 atom stereocenters. The second-order valence-electron chi connectivity index (χ2n) is 6.53. The van der Waals surface area contributed by atoms with Crippen molar-refractivity contribution in [2.75, 3.05) is 26.2 Å². The monoisotopic (exact) mass is 314 g/mol. The van der Waals surface area contributed by atoms with Crippen LogP contribution >= 0.6 is 0 Å². The minimum absolute atomic E-state index is 0.188. The first-order valence-electron chi connectivity index (χ1n) is 8.59. The summed E-state index contributed by atoms with van der Waals surface area (Å²) in [6.07, 6.45) is 4.79. The molecule has 2 aliphatic rings. The first-order valence-corrected chi connectivity index (χ1v) is 8.59. The Bertz CT molecular complexity index is 525. The Morgan fingerprint density at radius 1 is 1.30 bits per heavy atom. The summed E-state index contributed by atoms with van der Waals surface area (Å²) in [6.45, 7) is 6.93. The third-order valence-electron chi connectivity index (χ3n) is 4.85. The first kappa shape index (κ1) is 16.1. The van der Waals surface area contributed by atoms with Gasteiger partial charge >= 0.3 is 6.09 Å². The Balaban J connectivity index is 1.54. The highest BCUT2D eigenvalue weighted by atomic mass is 16.6. The molecule has 0 radical (unpaired) electrons. The number of ether oxygens (including phenoxy) is 1. The number of piperidine rings is 1. The maximum atomic E-state index is 12.5. The van der Waals surface area contributed by atoms with E-state index in [1.54, 1.807) is 6.08 Å². The van der Waals surface area contributed by atoms with Gasteiger partial charge in [-0.2, -0.15) is 0 Å². The average Bonchev–Trinajstić information content (AvgIpc) is 3.40. The smallest absolute Gasteiger partial charge is 0.410 e. The Labute approximate surface area is 138 Å². The van der Waals surface area contributed by atoms with Crippen LogP contribution in [0.15, 0.2) is 43.0 Å². The molecule has 1 saturated carbocycles. The van der Waals surface area contributed by atoms with Gasteiger partial charge in [-0.3, -0.25) is 0 Å². The van der Waals surface area contributed by atoms with Crippen LogP contribution in [0.2, 0.25) is 0 Å². The number of carbonyl (C=O) groups excluding carboxylic acids is 1. The predicted molar refractivity (Wildman–Crippen MR) is 91.4 cm³/mol. The van der Waals surface area contributed by atoms with E-state index in [9.17, 15) is 4.79 Å². The molecule has 4 heteroatoms. The molecule has 1 N–H and O–H groups in total. The molecule has 3 rings (SSSR count). The number of hydrogen-bond donors (Lipinski definition) is 1. The van der Waals surface area contributed by atoms with Crippen molar-refractivity contribution in [2.45, 2.75) is 31.2 Å². The molecule has 1 aromatic rings. The van der Waals surface area contributed by atoms with Crippen LogP contribution in [0.25, 0.3) is 0 Å². The molecule has 1 saturated heterocycles. The highest BCUT2D eigenvalue weighted by molar-refractivity contribution is 5.69. The van der Waals surface area contributed by atoms with Gasteiger partial charge in [-0.15, -0.1) is 6.58 Å². The van der Waals surface area contributed by atoms with E-state index in [1.807, 2.05) is 11.0 Å². The SMILES string of the molecule is C=CCN(C(=O)OCC1CCNCC1)C1CC1c1ccccc1. The van der Waals surface area contributed by atoms with Gasteiger partial charge in [-0.1, -0.05) is 36.4 Å². The Morgan fingerprint density at radius 3 is 2.74 bits per heavy atom. The molecule has 124 valence electrons. The predicted octanol–water partition coefficient (Wildman–Crippen LogP) is 3.17. The zero-order valence-corrected chi connectivity index (χ0v) is 13.6. The van der Waals surface area contributed by atoms with Crippen LogP contribution in [-0.4, -0.2) is 43.3 Å². The molecule has 1 heterocycles. The number of nitrogens with one attached hydrogen (secondary N) is 1. The van der Waals surface area contributed by atoms with Crippen LogP contribution in [-0.2, 0) is 4.74 Å². The van der Waals surface area contributed by atoms with E-state index in [-0.39, 0.29) is 12.1 Å². The summed E-state index contributed by atoms with van der Waals surface area (Å²) in [6, 6.07) is 10.6. The fourth-order valence-electron chi connectivity index (χ4n) is 3.39. The van der Waals surface area contributed by atoms with E-state index in [0.29, 0.717) is 25.0 Å². The molecule has 2 unspecified atom stereocenters. The van der Waals surface area contributed by atoms with Crippen molar-refractivity contribution < 1.29 is 9.53 Å². The first-order chi connectivity index (χ1) is 11.3. The maximum Gasteiger partial charge on any atom is 0.410 e. The van der Waals surface area contributed by atoms with Crippen LogP contribution in [0.4, 0.5) is 4.79 Å². The van der Waals surface area contributed by atoms with Crippen molar-refractivity contribution in [2.24, 2.45) is 5.92 Å². The molecule has 1 aliphatic carbocycles. The van der Waals surface area contributed by atoms with E-state index in [1.165, 1.54) is 5.56 Å². The molecule has 0 aromatic heterocycles. The van der Waals surface area contributed by atoms with Gasteiger partial charge in [0.1, 0.15) is 0 Å². The van der Waals surface area contributed by atoms with Gasteiger partial charge in [0.25, 0.3) is 0 Å². The number of rotatable bonds is 6. The normalized spacial score (nSPS) is 24.0. The van der Waals surface area contributed by atoms with E-state index < -0.39 is 0 Å². The largest absolute Gasteiger partial charge is 0.449 e. The Hall–Kier alpha value is -1.81. The van der Waals surface area contributed by atoms with Crippen LogP contribution < -0.4 is 5.32 Å². The summed E-state index contributed by atoms with van der Waals surface area (Å²) in [4.78, 5) is 14.3. The lowest BCUT2D eigenvalue weighted by molar-refractivity contribution is 0.0823. The van der Waals surface area contributed by atoms with Gasteiger partial charge < -0.3 is 15.0 Å². The summed E-state index contributed by atoms with van der Waals surface area (Å²) in [7, 11) is 0. The van der Waals surface area contributed by atoms with Crippen molar-refractivity contribution >= 4 is 6.09 Å². The third-order valence-corrected chi connectivity index (χ3v) is 4.85. The van der Waals surface area contributed by atoms with Gasteiger partial charge in [0.05, 0.1) is 6.61 Å². The van der Waals surface area contributed by atoms with Gasteiger partial charge in [-0.25, -0.2) is 4.79 Å². The summed E-state index contributed by atoms with van der Waals surface area (Å²) in [5.41, 5.74) is 1.30. The van der Waals surface area contributed by atoms with E-state index in [4.69, 9.17) is 4.74 Å². The van der Waals surface area contributed by atoms with Crippen LogP contribution in [0.5, 0.6) is 0 Å². The minimum Gasteiger partial charge on any atom is -0.449 e. The Morgan fingerprint density at radius 2 is 2.04 bits per heavy atom. The Kier molecular flexibility index (Phi) is 5.34. The molecule has 23 heavy (non-hydrogen) atoms. The minimum atomic E-state index is -0.188. The summed E-state index contributed by atoms with van der Waals surface area (Å²) in [5.74, 6) is 0.928. The number of amides is 1. The molecule has 1 aliphatic heterocycles. The number of carbonyl (C=O) groups is 1. The number of nitrogens with zero attached hydrogens (tertiary/aromatic N) is 1. The topological polar surface area (TPSA) is 41.6 Å². The zero-order valence-electron chi connectivity index (χ0n) is 13.6. The highest BCUT2D eigenvalue weighted by Gasteiger charge is 2.45. The van der Waals surface area contributed by atoms with Crippen molar-refractivity contribution in [1.29, 1.82) is 0 Å². The second kappa shape index (κ2) is 7.64. The summed E-state index contributed by atoms with van der Waals surface area (Å²) in [5, 5.41) is 3.33. The van der Waals surface area contributed by atoms with Gasteiger partial charge in [0.15, 0.2) is 0 Å². The van der Waals surface area contributed by atoms with E-state index >= 15 is 0 Å². The molecular weight excluding hydrogens is 288 g/mol. The van der Waals surface area contributed by atoms with E-state index in [2.05, 4.69) is 36.2 Å². The average molecular weight is 314 g/mol. The fraction of sp³-hybridized carbons (Fsp3) is 0.526. The lowest BCUT2D eigenvalue weighted by Gasteiger charge is -2.25. The standard InChI is InChI=1S/C19H26N2O2/c1-2-12-21(18-13-17(18)16-6-4-3-5-7-16)19(22)23-14-15-8-10-20-11-9-15/h2-7,15,17-18,20H,1,8-14H2. The van der Waals surface area contributed by atoms with E-state index in [0.717, 1.165) is 32.4 Å². The fourth-order valence-corrected chi connectivity index (χ4v) is 3.39.